The number of nitrogens with zero attached hydrogens (tertiary/aromatic N) is 1. The van der Waals surface area contributed by atoms with E-state index in [1.54, 1.807) is 23.5 Å². The molecule has 2 rings (SSSR count). The van der Waals surface area contributed by atoms with Crippen LogP contribution in [0.15, 0.2) is 24.3 Å². The first kappa shape index (κ1) is 14.0. The van der Waals surface area contributed by atoms with E-state index >= 15 is 0 Å². The van der Waals surface area contributed by atoms with Crippen molar-refractivity contribution in [2.45, 2.75) is 33.2 Å². The van der Waals surface area contributed by atoms with E-state index in [9.17, 15) is 5.11 Å². The van der Waals surface area contributed by atoms with Gasteiger partial charge in [-0.05, 0) is 25.1 Å². The number of thiazole rings is 1. The van der Waals surface area contributed by atoms with E-state index in [0.29, 0.717) is 0 Å². The van der Waals surface area contributed by atoms with Crippen LogP contribution in [-0.4, -0.2) is 16.6 Å². The fraction of sp³-hybridized carbons (Fsp3) is 0.400. The van der Waals surface area contributed by atoms with Gasteiger partial charge >= 0.3 is 0 Å². The number of phenols is 1. The summed E-state index contributed by atoms with van der Waals surface area (Å²) in [4.78, 5) is 6.04. The maximum Gasteiger partial charge on any atom is 0.124 e. The van der Waals surface area contributed by atoms with Crippen LogP contribution in [0.5, 0.6) is 5.75 Å². The molecule has 0 amide bonds. The van der Waals surface area contributed by atoms with Gasteiger partial charge in [0.2, 0.25) is 0 Å². The van der Waals surface area contributed by atoms with Gasteiger partial charge in [0, 0.05) is 17.0 Å². The Kier molecular flexibility index (Phi) is 4.93. The first-order chi connectivity index (χ1) is 9.24. The lowest BCUT2D eigenvalue weighted by Crippen LogP contribution is -2.11. The van der Waals surface area contributed by atoms with Gasteiger partial charge in [-0.3, -0.25) is 0 Å². The molecule has 4 heteroatoms. The first-order valence-corrected chi connectivity index (χ1v) is 7.55. The summed E-state index contributed by atoms with van der Waals surface area (Å²) in [5, 5.41) is 13.9. The molecule has 3 nitrogen and oxygen atoms in total. The largest absolute Gasteiger partial charge is 0.508 e. The van der Waals surface area contributed by atoms with E-state index in [4.69, 9.17) is 4.98 Å². The SMILES string of the molecule is CCCc1nc(-c2cccc(O)c2)sc1CNCC. The van der Waals surface area contributed by atoms with Gasteiger partial charge in [0.05, 0.1) is 5.69 Å². The summed E-state index contributed by atoms with van der Waals surface area (Å²) in [5.74, 6) is 0.290. The molecule has 0 radical (unpaired) electrons. The zero-order valence-corrected chi connectivity index (χ0v) is 12.3. The minimum absolute atomic E-state index is 0.290. The Hall–Kier alpha value is -1.39. The third kappa shape index (κ3) is 3.55. The summed E-state index contributed by atoms with van der Waals surface area (Å²) in [7, 11) is 0. The van der Waals surface area contributed by atoms with Crippen LogP contribution >= 0.6 is 11.3 Å². The van der Waals surface area contributed by atoms with Gasteiger partial charge in [-0.1, -0.05) is 32.4 Å². The first-order valence-electron chi connectivity index (χ1n) is 6.73. The van der Waals surface area contributed by atoms with Crippen molar-refractivity contribution >= 4 is 11.3 Å². The predicted octanol–water partition coefficient (Wildman–Crippen LogP) is 3.58. The Balaban J connectivity index is 2.30. The summed E-state index contributed by atoms with van der Waals surface area (Å²) in [5.41, 5.74) is 2.18. The Labute approximate surface area is 118 Å². The maximum atomic E-state index is 9.56. The molecule has 0 atom stereocenters. The van der Waals surface area contributed by atoms with E-state index in [2.05, 4.69) is 19.2 Å². The van der Waals surface area contributed by atoms with Crippen LogP contribution < -0.4 is 5.32 Å². The molecular weight excluding hydrogens is 256 g/mol. The molecule has 1 aromatic carbocycles. The van der Waals surface area contributed by atoms with Gasteiger partial charge < -0.3 is 10.4 Å². The number of aromatic nitrogens is 1. The second kappa shape index (κ2) is 6.68. The highest BCUT2D eigenvalue weighted by atomic mass is 32.1. The molecular formula is C15H20N2OS. The molecule has 19 heavy (non-hydrogen) atoms. The van der Waals surface area contributed by atoms with Crippen molar-refractivity contribution in [2.24, 2.45) is 0 Å². The number of hydrogen-bond donors (Lipinski definition) is 2. The Morgan fingerprint density at radius 1 is 1.32 bits per heavy atom. The van der Waals surface area contributed by atoms with Crippen molar-refractivity contribution in [3.63, 3.8) is 0 Å². The van der Waals surface area contributed by atoms with Crippen molar-refractivity contribution in [1.29, 1.82) is 0 Å². The van der Waals surface area contributed by atoms with Crippen LogP contribution in [-0.2, 0) is 13.0 Å². The quantitative estimate of drug-likeness (QED) is 0.847. The number of aryl methyl sites for hydroxylation is 1. The van der Waals surface area contributed by atoms with Crippen LogP contribution in [0, 0.1) is 0 Å². The molecule has 102 valence electrons. The van der Waals surface area contributed by atoms with Crippen LogP contribution in [0.1, 0.15) is 30.8 Å². The minimum atomic E-state index is 0.290. The van der Waals surface area contributed by atoms with E-state index in [1.165, 1.54) is 10.6 Å². The van der Waals surface area contributed by atoms with Crippen molar-refractivity contribution in [2.75, 3.05) is 6.54 Å². The fourth-order valence-corrected chi connectivity index (χ4v) is 3.03. The molecule has 0 unspecified atom stereocenters. The predicted molar refractivity (Wildman–Crippen MR) is 80.6 cm³/mol. The standard InChI is InChI=1S/C15H20N2OS/c1-3-6-13-14(10-16-4-2)19-15(17-13)11-7-5-8-12(18)9-11/h5,7-9,16,18H,3-4,6,10H2,1-2H3. The number of aromatic hydroxyl groups is 1. The number of phenolic OH excluding ortho intramolecular Hbond substituents is 1. The van der Waals surface area contributed by atoms with Crippen LogP contribution in [0.2, 0.25) is 0 Å². The Morgan fingerprint density at radius 3 is 2.84 bits per heavy atom. The Bertz CT molecular complexity index is 537. The highest BCUT2D eigenvalue weighted by Gasteiger charge is 2.11. The summed E-state index contributed by atoms with van der Waals surface area (Å²) in [6.45, 7) is 6.12. The number of nitrogens with one attached hydrogen (secondary N) is 1. The summed E-state index contributed by atoms with van der Waals surface area (Å²) >= 11 is 1.72. The van der Waals surface area contributed by atoms with Gasteiger partial charge in [-0.25, -0.2) is 4.98 Å². The molecule has 0 bridgehead atoms. The maximum absolute atomic E-state index is 9.56. The second-order valence-corrected chi connectivity index (χ2v) is 5.55. The van der Waals surface area contributed by atoms with Crippen molar-refractivity contribution in [1.82, 2.24) is 10.3 Å². The van der Waals surface area contributed by atoms with E-state index in [-0.39, 0.29) is 5.75 Å². The third-order valence-electron chi connectivity index (χ3n) is 2.89. The Morgan fingerprint density at radius 2 is 2.16 bits per heavy atom. The summed E-state index contributed by atoms with van der Waals surface area (Å²) in [6, 6.07) is 7.30. The number of hydrogen-bond acceptors (Lipinski definition) is 4. The van der Waals surface area contributed by atoms with Crippen molar-refractivity contribution in [3.8, 4) is 16.3 Å². The topological polar surface area (TPSA) is 45.2 Å². The lowest BCUT2D eigenvalue weighted by atomic mass is 10.2. The second-order valence-electron chi connectivity index (χ2n) is 4.47. The van der Waals surface area contributed by atoms with E-state index in [1.807, 2.05) is 12.1 Å². The molecule has 1 aromatic heterocycles. The highest BCUT2D eigenvalue weighted by Crippen LogP contribution is 2.30. The molecule has 0 saturated carbocycles. The highest BCUT2D eigenvalue weighted by molar-refractivity contribution is 7.15. The fourth-order valence-electron chi connectivity index (χ4n) is 1.95. The van der Waals surface area contributed by atoms with Crippen molar-refractivity contribution < 1.29 is 5.11 Å². The van der Waals surface area contributed by atoms with Gasteiger partial charge in [0.15, 0.2) is 0 Å². The van der Waals surface area contributed by atoms with Crippen LogP contribution in [0.3, 0.4) is 0 Å². The summed E-state index contributed by atoms with van der Waals surface area (Å²) < 4.78 is 0. The number of rotatable bonds is 6. The van der Waals surface area contributed by atoms with Gasteiger partial charge in [-0.15, -0.1) is 11.3 Å². The molecule has 0 saturated heterocycles. The third-order valence-corrected chi connectivity index (χ3v) is 4.04. The summed E-state index contributed by atoms with van der Waals surface area (Å²) in [6.07, 6.45) is 2.11. The molecule has 0 aliphatic carbocycles. The zero-order valence-electron chi connectivity index (χ0n) is 11.4. The molecule has 1 heterocycles. The monoisotopic (exact) mass is 276 g/mol. The number of benzene rings is 1. The molecule has 0 aliphatic rings. The van der Waals surface area contributed by atoms with E-state index < -0.39 is 0 Å². The normalized spacial score (nSPS) is 10.8. The van der Waals surface area contributed by atoms with Crippen molar-refractivity contribution in [3.05, 3.63) is 34.8 Å². The lowest BCUT2D eigenvalue weighted by Gasteiger charge is -2.00. The smallest absolute Gasteiger partial charge is 0.124 e. The molecule has 0 aliphatic heterocycles. The van der Waals surface area contributed by atoms with Gasteiger partial charge in [-0.2, -0.15) is 0 Å². The molecule has 0 spiro atoms. The molecule has 0 fully saturated rings. The zero-order chi connectivity index (χ0) is 13.7. The molecule has 2 aromatic rings. The van der Waals surface area contributed by atoms with Gasteiger partial charge in [0.25, 0.3) is 0 Å². The molecule has 2 N–H and O–H groups in total. The lowest BCUT2D eigenvalue weighted by molar-refractivity contribution is 0.475. The van der Waals surface area contributed by atoms with Crippen LogP contribution in [0.4, 0.5) is 0 Å². The van der Waals surface area contributed by atoms with E-state index in [0.717, 1.165) is 36.5 Å². The van der Waals surface area contributed by atoms with Gasteiger partial charge in [0.1, 0.15) is 10.8 Å². The average Bonchev–Trinajstić information content (AvgIpc) is 2.80. The minimum Gasteiger partial charge on any atom is -0.508 e. The van der Waals surface area contributed by atoms with Crippen LogP contribution in [0.25, 0.3) is 10.6 Å². The average molecular weight is 276 g/mol.